The van der Waals surface area contributed by atoms with Crippen molar-refractivity contribution in [1.82, 2.24) is 14.1 Å². The largest absolute Gasteiger partial charge is 0.494 e. The molecule has 1 atom stereocenters. The summed E-state index contributed by atoms with van der Waals surface area (Å²) >= 11 is 0. The van der Waals surface area contributed by atoms with Crippen LogP contribution in [0.2, 0.25) is 0 Å². The molecule has 0 radical (unpaired) electrons. The molecule has 1 aliphatic carbocycles. The molecule has 38 heavy (non-hydrogen) atoms. The summed E-state index contributed by atoms with van der Waals surface area (Å²) in [5, 5.41) is 8.54. The quantitative estimate of drug-likeness (QED) is 0.383. The minimum atomic E-state index is -0.694. The van der Waals surface area contributed by atoms with E-state index >= 15 is 0 Å². The number of amides is 3. The molecule has 2 aromatic heterocycles. The molecule has 1 unspecified atom stereocenters. The highest BCUT2D eigenvalue weighted by Gasteiger charge is 2.51. The lowest BCUT2D eigenvalue weighted by Gasteiger charge is -2.20. The topological polar surface area (TPSA) is 136 Å². The van der Waals surface area contributed by atoms with Gasteiger partial charge in [-0.25, -0.2) is 9.78 Å². The Morgan fingerprint density at radius 3 is 2.79 bits per heavy atom. The van der Waals surface area contributed by atoms with Crippen molar-refractivity contribution in [2.24, 2.45) is 0 Å². The maximum absolute atomic E-state index is 13.1. The van der Waals surface area contributed by atoms with E-state index in [-0.39, 0.29) is 30.8 Å². The summed E-state index contributed by atoms with van der Waals surface area (Å²) in [5.74, 6) is 0.252. The number of anilines is 3. The summed E-state index contributed by atoms with van der Waals surface area (Å²) in [6.45, 7) is -0.367. The van der Waals surface area contributed by atoms with E-state index in [1.165, 1.54) is 16.2 Å². The van der Waals surface area contributed by atoms with Gasteiger partial charge in [0.15, 0.2) is 0 Å². The van der Waals surface area contributed by atoms with Gasteiger partial charge in [-0.3, -0.25) is 23.5 Å². The number of nitrogens with zero attached hydrogens (tertiary/aromatic N) is 3. The van der Waals surface area contributed by atoms with Gasteiger partial charge in [-0.2, -0.15) is 0 Å². The Kier molecular flexibility index (Phi) is 4.56. The number of pyridine rings is 1. The van der Waals surface area contributed by atoms with Crippen LogP contribution < -0.4 is 26.4 Å². The van der Waals surface area contributed by atoms with Crippen LogP contribution >= 0.6 is 0 Å². The van der Waals surface area contributed by atoms with Crippen LogP contribution in [0.25, 0.3) is 11.0 Å². The first-order valence-corrected chi connectivity index (χ1v) is 12.2. The fourth-order valence-corrected chi connectivity index (χ4v) is 6.00. The van der Waals surface area contributed by atoms with Crippen LogP contribution in [0.5, 0.6) is 5.75 Å². The molecule has 0 saturated heterocycles. The minimum Gasteiger partial charge on any atom is -0.494 e. The third kappa shape index (κ3) is 3.04. The van der Waals surface area contributed by atoms with Gasteiger partial charge >= 0.3 is 5.69 Å². The van der Waals surface area contributed by atoms with Crippen molar-refractivity contribution in [3.05, 3.63) is 75.8 Å². The van der Waals surface area contributed by atoms with Crippen LogP contribution in [0.1, 0.15) is 16.7 Å². The Morgan fingerprint density at radius 1 is 1.11 bits per heavy atom. The smallest absolute Gasteiger partial charge is 0.330 e. The van der Waals surface area contributed by atoms with Crippen LogP contribution in [-0.2, 0) is 45.7 Å². The Morgan fingerprint density at radius 2 is 1.95 bits per heavy atom. The van der Waals surface area contributed by atoms with Crippen molar-refractivity contribution >= 4 is 45.9 Å². The van der Waals surface area contributed by atoms with Gasteiger partial charge in [-0.1, -0.05) is 12.1 Å². The van der Waals surface area contributed by atoms with Crippen LogP contribution in [0, 0.1) is 0 Å². The Labute approximate surface area is 215 Å². The molecule has 4 heterocycles. The molecular weight excluding hydrogens is 488 g/mol. The number of fused-ring (bicyclic) bond motifs is 3. The molecule has 7 rings (SSSR count). The fraction of sp³-hybridized carbons (Fsp3) is 0.222. The Bertz CT molecular complexity index is 1790. The van der Waals surface area contributed by atoms with Gasteiger partial charge in [0.25, 0.3) is 0 Å². The molecule has 4 aromatic rings. The average Bonchev–Trinajstić information content (AvgIpc) is 3.51. The van der Waals surface area contributed by atoms with Crippen molar-refractivity contribution in [2.45, 2.75) is 31.3 Å². The van der Waals surface area contributed by atoms with Crippen molar-refractivity contribution in [1.29, 1.82) is 0 Å². The highest BCUT2D eigenvalue weighted by molar-refractivity contribution is 6.07. The lowest BCUT2D eigenvalue weighted by Crippen LogP contribution is -2.35. The van der Waals surface area contributed by atoms with Gasteiger partial charge in [-0.15, -0.1) is 0 Å². The second-order valence-electron chi connectivity index (χ2n) is 9.83. The normalized spacial score (nSPS) is 18.8. The molecule has 1 spiro atoms. The first-order valence-electron chi connectivity index (χ1n) is 12.2. The molecule has 11 heteroatoms. The molecule has 0 saturated carbocycles. The van der Waals surface area contributed by atoms with Gasteiger partial charge in [0.05, 0.1) is 23.6 Å². The van der Waals surface area contributed by atoms with Crippen molar-refractivity contribution in [2.75, 3.05) is 23.1 Å². The summed E-state index contributed by atoms with van der Waals surface area (Å²) in [4.78, 5) is 55.7. The fourth-order valence-electron chi connectivity index (χ4n) is 6.00. The van der Waals surface area contributed by atoms with Gasteiger partial charge in [-0.05, 0) is 54.3 Å². The Hall–Kier alpha value is -4.93. The van der Waals surface area contributed by atoms with Gasteiger partial charge in [0, 0.05) is 17.4 Å². The van der Waals surface area contributed by atoms with Crippen LogP contribution in [0.15, 0.2) is 53.5 Å². The third-order valence-corrected chi connectivity index (χ3v) is 7.69. The predicted molar refractivity (Wildman–Crippen MR) is 138 cm³/mol. The lowest BCUT2D eigenvalue weighted by atomic mass is 9.79. The molecule has 0 fully saturated rings. The van der Waals surface area contributed by atoms with Crippen molar-refractivity contribution in [3.63, 3.8) is 0 Å². The number of carbonyl (C=O) groups excluding carboxylic acids is 3. The number of benzene rings is 2. The number of aromatic nitrogens is 3. The zero-order valence-electron chi connectivity index (χ0n) is 20.3. The lowest BCUT2D eigenvalue weighted by molar-refractivity contribution is -0.120. The summed E-state index contributed by atoms with van der Waals surface area (Å²) in [6.07, 6.45) is 2.73. The number of hydrogen-bond donors (Lipinski definition) is 3. The summed E-state index contributed by atoms with van der Waals surface area (Å²) in [5.41, 5.74) is 3.82. The van der Waals surface area contributed by atoms with Crippen LogP contribution in [0.3, 0.4) is 0 Å². The highest BCUT2D eigenvalue weighted by Crippen LogP contribution is 2.47. The van der Waals surface area contributed by atoms with Gasteiger partial charge < -0.3 is 20.7 Å². The average molecular weight is 511 g/mol. The molecule has 2 aliphatic heterocycles. The number of carbonyl (C=O) groups is 3. The standard InChI is InChI=1S/C27H22N6O5/c1-38-19-7-6-18-23-22(19)30-21(35)13-33(23)26(37)32(18)12-20(34)29-16-5-4-14-10-27(11-15(14)9-16)17-3-2-8-28-24(17)31-25(27)36/h2-9H,10-13H2,1H3,(H,29,34)(H,30,35)(H,28,31,36). The van der Waals surface area contributed by atoms with E-state index in [2.05, 4.69) is 20.9 Å². The number of nitrogens with one attached hydrogen (secondary N) is 3. The number of imidazole rings is 1. The summed E-state index contributed by atoms with van der Waals surface area (Å²) in [6, 6.07) is 12.7. The maximum Gasteiger partial charge on any atom is 0.330 e. The summed E-state index contributed by atoms with van der Waals surface area (Å²) in [7, 11) is 1.48. The number of hydrogen-bond acceptors (Lipinski definition) is 6. The van der Waals surface area contributed by atoms with E-state index in [0.29, 0.717) is 46.8 Å². The SMILES string of the molecule is COc1ccc2c3c1NC(=O)Cn3c(=O)n2CC(=O)Nc1ccc2c(c1)CC1(C2)C(=O)Nc2ncccc21. The molecule has 0 bridgehead atoms. The zero-order valence-corrected chi connectivity index (χ0v) is 20.3. The molecule has 3 aliphatic rings. The maximum atomic E-state index is 13.1. The van der Waals surface area contributed by atoms with E-state index in [9.17, 15) is 19.2 Å². The number of ether oxygens (including phenoxy) is 1. The number of rotatable bonds is 4. The molecule has 2 aromatic carbocycles. The molecule has 190 valence electrons. The molecular formula is C27H22N6O5. The molecule has 3 amide bonds. The first kappa shape index (κ1) is 22.3. The summed E-state index contributed by atoms with van der Waals surface area (Å²) < 4.78 is 8.05. The third-order valence-electron chi connectivity index (χ3n) is 7.69. The predicted octanol–water partition coefficient (Wildman–Crippen LogP) is 1.79. The van der Waals surface area contributed by atoms with E-state index < -0.39 is 11.1 Å². The van der Waals surface area contributed by atoms with Crippen molar-refractivity contribution in [3.8, 4) is 5.75 Å². The highest BCUT2D eigenvalue weighted by atomic mass is 16.5. The molecule has 11 nitrogen and oxygen atoms in total. The Balaban J connectivity index is 1.16. The minimum absolute atomic E-state index is 0.0647. The van der Waals surface area contributed by atoms with Crippen LogP contribution in [0.4, 0.5) is 17.2 Å². The molecule has 3 N–H and O–H groups in total. The second kappa shape index (κ2) is 7.78. The monoisotopic (exact) mass is 510 g/mol. The van der Waals surface area contributed by atoms with E-state index in [0.717, 1.165) is 16.7 Å². The van der Waals surface area contributed by atoms with E-state index in [1.807, 2.05) is 24.3 Å². The van der Waals surface area contributed by atoms with E-state index in [1.54, 1.807) is 24.4 Å². The van der Waals surface area contributed by atoms with E-state index in [4.69, 9.17) is 4.74 Å². The van der Waals surface area contributed by atoms with Gasteiger partial charge in [0.1, 0.15) is 30.3 Å². The zero-order chi connectivity index (χ0) is 26.2. The first-order chi connectivity index (χ1) is 18.4. The number of methoxy groups -OCH3 is 1. The second-order valence-corrected chi connectivity index (χ2v) is 9.83. The van der Waals surface area contributed by atoms with Crippen molar-refractivity contribution < 1.29 is 19.1 Å². The van der Waals surface area contributed by atoms with Gasteiger partial charge in [0.2, 0.25) is 17.7 Å². The van der Waals surface area contributed by atoms with Crippen LogP contribution in [-0.4, -0.2) is 38.9 Å².